The number of aryl methyl sites for hydroxylation is 3. The zero-order valence-electron chi connectivity index (χ0n) is 16.4. The molecular formula is C23H30N2. The average molecular weight is 335 g/mol. The molecule has 1 aromatic heterocycles. The van der Waals surface area contributed by atoms with Crippen LogP contribution in [0.4, 0.5) is 0 Å². The Bertz CT molecular complexity index is 819. The smallest absolute Gasteiger partial charge is 0.0704 e. The summed E-state index contributed by atoms with van der Waals surface area (Å²) >= 11 is 0. The van der Waals surface area contributed by atoms with Crippen molar-refractivity contribution in [3.05, 3.63) is 77.0 Å². The van der Waals surface area contributed by atoms with E-state index >= 15 is 0 Å². The third kappa shape index (κ3) is 6.15. The largest absolute Gasteiger partial charge is 0.305 e. The second-order valence-corrected chi connectivity index (χ2v) is 5.84. The molecule has 3 rings (SSSR count). The molecule has 0 fully saturated rings. The van der Waals surface area contributed by atoms with Gasteiger partial charge in [0.1, 0.15) is 0 Å². The molecule has 0 unspecified atom stereocenters. The second-order valence-electron chi connectivity index (χ2n) is 5.84. The Kier molecular flexibility index (Phi) is 8.55. The molecule has 132 valence electrons. The maximum absolute atomic E-state index is 7.58. The number of nitrogens with one attached hydrogen (secondary N) is 1. The van der Waals surface area contributed by atoms with Gasteiger partial charge in [-0.1, -0.05) is 56.7 Å². The summed E-state index contributed by atoms with van der Waals surface area (Å²) in [6, 6.07) is 16.6. The zero-order valence-corrected chi connectivity index (χ0v) is 16.4. The molecule has 0 spiro atoms. The van der Waals surface area contributed by atoms with E-state index in [-0.39, 0.29) is 0 Å². The van der Waals surface area contributed by atoms with Crippen LogP contribution in [0, 0.1) is 19.3 Å². The Morgan fingerprint density at radius 3 is 2.24 bits per heavy atom. The first-order chi connectivity index (χ1) is 12.0. The average Bonchev–Trinajstić information content (AvgIpc) is 2.63. The van der Waals surface area contributed by atoms with E-state index in [1.807, 2.05) is 33.0 Å². The van der Waals surface area contributed by atoms with Crippen molar-refractivity contribution in [1.29, 1.82) is 5.41 Å². The highest BCUT2D eigenvalue weighted by molar-refractivity contribution is 5.97. The van der Waals surface area contributed by atoms with E-state index in [1.54, 1.807) is 0 Å². The molecule has 0 aliphatic heterocycles. The monoisotopic (exact) mass is 334 g/mol. The molecule has 1 N–H and O–H groups in total. The first-order valence-electron chi connectivity index (χ1n) is 8.97. The first-order valence-corrected chi connectivity index (χ1v) is 8.97. The quantitative estimate of drug-likeness (QED) is 0.532. The third-order valence-corrected chi connectivity index (χ3v) is 3.81. The van der Waals surface area contributed by atoms with E-state index in [2.05, 4.69) is 68.2 Å². The van der Waals surface area contributed by atoms with Crippen LogP contribution in [0.3, 0.4) is 0 Å². The Morgan fingerprint density at radius 2 is 1.60 bits per heavy atom. The van der Waals surface area contributed by atoms with Crippen molar-refractivity contribution in [3.63, 3.8) is 0 Å². The van der Waals surface area contributed by atoms with Gasteiger partial charge < -0.3 is 5.41 Å². The fourth-order valence-electron chi connectivity index (χ4n) is 2.52. The highest BCUT2D eigenvalue weighted by Gasteiger charge is 2.01. The number of hydrogen-bond acceptors (Lipinski definition) is 2. The summed E-state index contributed by atoms with van der Waals surface area (Å²) in [5.41, 5.74) is 6.60. The summed E-state index contributed by atoms with van der Waals surface area (Å²) in [7, 11) is 0. The lowest BCUT2D eigenvalue weighted by molar-refractivity contribution is 1.12. The zero-order chi connectivity index (χ0) is 18.8. The molecule has 0 aliphatic rings. The van der Waals surface area contributed by atoms with Gasteiger partial charge in [0, 0.05) is 17.3 Å². The fraction of sp³-hybridized carbons (Fsp3) is 0.304. The third-order valence-electron chi connectivity index (χ3n) is 3.81. The van der Waals surface area contributed by atoms with Crippen LogP contribution in [0.25, 0.3) is 10.9 Å². The van der Waals surface area contributed by atoms with E-state index in [0.29, 0.717) is 5.71 Å². The minimum Gasteiger partial charge on any atom is -0.305 e. The van der Waals surface area contributed by atoms with Gasteiger partial charge in [-0.25, -0.2) is 0 Å². The summed E-state index contributed by atoms with van der Waals surface area (Å²) in [4.78, 5) is 4.24. The van der Waals surface area contributed by atoms with Crippen LogP contribution >= 0.6 is 0 Å². The Hall–Kier alpha value is -2.48. The molecule has 2 nitrogen and oxygen atoms in total. The molecule has 0 saturated heterocycles. The van der Waals surface area contributed by atoms with Crippen LogP contribution in [0.2, 0.25) is 0 Å². The predicted molar refractivity (Wildman–Crippen MR) is 111 cm³/mol. The number of pyridine rings is 1. The maximum Gasteiger partial charge on any atom is 0.0704 e. The van der Waals surface area contributed by atoms with E-state index in [4.69, 9.17) is 5.41 Å². The molecule has 0 saturated carbocycles. The van der Waals surface area contributed by atoms with Crippen molar-refractivity contribution < 1.29 is 0 Å². The van der Waals surface area contributed by atoms with Crippen molar-refractivity contribution in [2.45, 2.75) is 48.0 Å². The number of benzene rings is 2. The maximum atomic E-state index is 7.58. The number of nitrogens with zero attached hydrogens (tertiary/aromatic N) is 1. The summed E-state index contributed by atoms with van der Waals surface area (Å²) < 4.78 is 0. The molecule has 0 radical (unpaired) electrons. The highest BCUT2D eigenvalue weighted by atomic mass is 14.6. The minimum absolute atomic E-state index is 0.663. The Labute approximate surface area is 152 Å². The second kappa shape index (κ2) is 10.4. The number of fused-ring (bicyclic) bond motifs is 1. The minimum atomic E-state index is 0.663. The van der Waals surface area contributed by atoms with Gasteiger partial charge in [0.05, 0.1) is 5.52 Å². The molecule has 25 heavy (non-hydrogen) atoms. The first kappa shape index (κ1) is 20.6. The van der Waals surface area contributed by atoms with E-state index < -0.39 is 0 Å². The number of hydrogen-bond donors (Lipinski definition) is 1. The van der Waals surface area contributed by atoms with Crippen LogP contribution in [-0.2, 0) is 6.42 Å². The summed E-state index contributed by atoms with van der Waals surface area (Å²) in [5.74, 6) is 0. The van der Waals surface area contributed by atoms with Gasteiger partial charge in [0.2, 0.25) is 0 Å². The normalized spacial score (nSPS) is 9.52. The molecule has 3 aromatic rings. The summed E-state index contributed by atoms with van der Waals surface area (Å²) in [6.07, 6.45) is 2.83. The summed E-state index contributed by atoms with van der Waals surface area (Å²) in [5, 5.41) is 8.78. The van der Waals surface area contributed by atoms with E-state index in [1.165, 1.54) is 22.1 Å². The van der Waals surface area contributed by atoms with Crippen LogP contribution < -0.4 is 0 Å². The van der Waals surface area contributed by atoms with E-state index in [0.717, 1.165) is 17.5 Å². The predicted octanol–water partition coefficient (Wildman–Crippen LogP) is 6.51. The molecule has 2 heteroatoms. The van der Waals surface area contributed by atoms with Gasteiger partial charge in [0.25, 0.3) is 0 Å². The van der Waals surface area contributed by atoms with Crippen molar-refractivity contribution in [1.82, 2.24) is 4.98 Å². The molecular weight excluding hydrogens is 304 g/mol. The van der Waals surface area contributed by atoms with Gasteiger partial charge in [-0.2, -0.15) is 0 Å². The molecule has 1 heterocycles. The number of aromatic nitrogens is 1. The van der Waals surface area contributed by atoms with Crippen LogP contribution in [0.1, 0.15) is 49.9 Å². The van der Waals surface area contributed by atoms with Crippen molar-refractivity contribution in [3.8, 4) is 0 Å². The van der Waals surface area contributed by atoms with Crippen LogP contribution in [0.5, 0.6) is 0 Å². The number of rotatable bonds is 2. The lowest BCUT2D eigenvalue weighted by Gasteiger charge is -2.06. The summed E-state index contributed by atoms with van der Waals surface area (Å²) in [6.45, 7) is 12.1. The van der Waals surface area contributed by atoms with Crippen LogP contribution in [0.15, 0.2) is 54.7 Å². The topological polar surface area (TPSA) is 36.7 Å². The molecule has 0 aliphatic carbocycles. The van der Waals surface area contributed by atoms with Gasteiger partial charge in [-0.05, 0) is 62.1 Å². The Morgan fingerprint density at radius 1 is 0.960 bits per heavy atom. The van der Waals surface area contributed by atoms with Gasteiger partial charge in [-0.15, -0.1) is 0 Å². The molecule has 2 aromatic carbocycles. The van der Waals surface area contributed by atoms with Crippen molar-refractivity contribution in [2.24, 2.45) is 0 Å². The van der Waals surface area contributed by atoms with Gasteiger partial charge in [-0.3, -0.25) is 4.98 Å². The van der Waals surface area contributed by atoms with Crippen molar-refractivity contribution >= 4 is 16.6 Å². The standard InChI is InChI=1S/C11H15N.C10H9N.C2H6/c1-4-10-6-5-8(2)7-11(10)9(3)12;1-8-4-5-9-3-2-6-11-10(9)7-8;1-2/h5-7,12H,4H2,1-3H3;2-7H,1H3;1-2H3. The molecule has 0 bridgehead atoms. The highest BCUT2D eigenvalue weighted by Crippen LogP contribution is 2.13. The van der Waals surface area contributed by atoms with E-state index in [9.17, 15) is 0 Å². The van der Waals surface area contributed by atoms with Crippen molar-refractivity contribution in [2.75, 3.05) is 0 Å². The SMILES string of the molecule is CC.CCc1ccc(C)cc1C(C)=N.Cc1ccc2cccnc2c1. The lowest BCUT2D eigenvalue weighted by Crippen LogP contribution is -1.98. The van der Waals surface area contributed by atoms with Crippen LogP contribution in [-0.4, -0.2) is 10.7 Å². The fourth-order valence-corrected chi connectivity index (χ4v) is 2.52. The lowest BCUT2D eigenvalue weighted by atomic mass is 9.99. The molecule has 0 atom stereocenters. The Balaban J connectivity index is 0.000000228. The molecule has 0 amide bonds. The van der Waals surface area contributed by atoms with Gasteiger partial charge >= 0.3 is 0 Å². The van der Waals surface area contributed by atoms with Gasteiger partial charge in [0.15, 0.2) is 0 Å².